The Labute approximate surface area is 92.6 Å². The van der Waals surface area contributed by atoms with Crippen LogP contribution in [0.5, 0.6) is 0 Å². The van der Waals surface area contributed by atoms with Gasteiger partial charge in [-0.2, -0.15) is 0 Å². The maximum atomic E-state index is 10.9. The van der Waals surface area contributed by atoms with Crippen molar-refractivity contribution in [3.05, 3.63) is 0 Å². The van der Waals surface area contributed by atoms with Crippen LogP contribution in [0.4, 0.5) is 0 Å². The maximum absolute atomic E-state index is 10.9. The Kier molecular flexibility index (Phi) is 8.33. The third kappa shape index (κ3) is 8.39. The minimum atomic E-state index is -0.353. The van der Waals surface area contributed by atoms with Gasteiger partial charge >= 0.3 is 0 Å². The zero-order valence-electron chi connectivity index (χ0n) is 10.1. The molecule has 4 nitrogen and oxygen atoms in total. The van der Waals surface area contributed by atoms with E-state index in [-0.39, 0.29) is 11.9 Å². The first-order valence-corrected chi connectivity index (χ1v) is 5.68. The SMILES string of the molecule is CCNC(COCCCC(C)C)C(N)=O. The monoisotopic (exact) mass is 216 g/mol. The van der Waals surface area contributed by atoms with Crippen molar-refractivity contribution in [3.8, 4) is 0 Å². The second-order valence-corrected chi connectivity index (χ2v) is 4.12. The highest BCUT2D eigenvalue weighted by Gasteiger charge is 2.13. The molecule has 1 unspecified atom stereocenters. The lowest BCUT2D eigenvalue weighted by molar-refractivity contribution is -0.121. The molecule has 15 heavy (non-hydrogen) atoms. The molecule has 0 aromatic carbocycles. The summed E-state index contributed by atoms with van der Waals surface area (Å²) in [5, 5.41) is 2.98. The summed E-state index contributed by atoms with van der Waals surface area (Å²) in [6, 6.07) is -0.353. The summed E-state index contributed by atoms with van der Waals surface area (Å²) in [7, 11) is 0. The summed E-state index contributed by atoms with van der Waals surface area (Å²) in [5.74, 6) is 0.356. The molecule has 1 amide bonds. The van der Waals surface area contributed by atoms with Gasteiger partial charge in [-0.25, -0.2) is 0 Å². The molecule has 0 aromatic rings. The summed E-state index contributed by atoms with van der Waals surface area (Å²) >= 11 is 0. The molecule has 0 fully saturated rings. The molecule has 0 bridgehead atoms. The molecule has 0 rings (SSSR count). The van der Waals surface area contributed by atoms with Crippen LogP contribution in [0, 0.1) is 5.92 Å². The Hall–Kier alpha value is -0.610. The number of hydrogen-bond acceptors (Lipinski definition) is 3. The Morgan fingerprint density at radius 2 is 2.13 bits per heavy atom. The fourth-order valence-corrected chi connectivity index (χ4v) is 1.28. The summed E-state index contributed by atoms with van der Waals surface area (Å²) in [5.41, 5.74) is 5.20. The number of hydrogen-bond donors (Lipinski definition) is 2. The van der Waals surface area contributed by atoms with E-state index in [4.69, 9.17) is 10.5 Å². The molecule has 0 aliphatic rings. The lowest BCUT2D eigenvalue weighted by atomic mass is 10.1. The van der Waals surface area contributed by atoms with Crippen LogP contribution in [0.1, 0.15) is 33.6 Å². The molecular formula is C11H24N2O2. The van der Waals surface area contributed by atoms with E-state index >= 15 is 0 Å². The molecule has 0 saturated carbocycles. The predicted octanol–water partition coefficient (Wildman–Crippen LogP) is 0.903. The van der Waals surface area contributed by atoms with Gasteiger partial charge in [0.25, 0.3) is 0 Å². The van der Waals surface area contributed by atoms with Crippen LogP contribution in [0.2, 0.25) is 0 Å². The smallest absolute Gasteiger partial charge is 0.236 e. The Bertz CT molecular complexity index is 172. The minimum Gasteiger partial charge on any atom is -0.379 e. The lowest BCUT2D eigenvalue weighted by Crippen LogP contribution is -2.44. The van der Waals surface area contributed by atoms with Crippen molar-refractivity contribution in [2.24, 2.45) is 11.7 Å². The molecule has 4 heteroatoms. The number of nitrogens with two attached hydrogens (primary N) is 1. The van der Waals surface area contributed by atoms with Crippen LogP contribution in [0.15, 0.2) is 0 Å². The Morgan fingerprint density at radius 3 is 2.60 bits per heavy atom. The molecule has 0 aliphatic heterocycles. The van der Waals surface area contributed by atoms with Gasteiger partial charge in [0.15, 0.2) is 0 Å². The molecule has 1 atom stereocenters. The molecule has 90 valence electrons. The van der Waals surface area contributed by atoms with E-state index in [0.29, 0.717) is 19.1 Å². The van der Waals surface area contributed by atoms with Gasteiger partial charge in [-0.05, 0) is 25.3 Å². The van der Waals surface area contributed by atoms with E-state index in [9.17, 15) is 4.79 Å². The van der Waals surface area contributed by atoms with Crippen LogP contribution in [0.25, 0.3) is 0 Å². The largest absolute Gasteiger partial charge is 0.379 e. The molecule has 0 saturated heterocycles. The molecule has 0 aliphatic carbocycles. The van der Waals surface area contributed by atoms with E-state index in [1.807, 2.05) is 6.92 Å². The molecule has 0 spiro atoms. The van der Waals surface area contributed by atoms with E-state index < -0.39 is 0 Å². The lowest BCUT2D eigenvalue weighted by Gasteiger charge is -2.14. The van der Waals surface area contributed by atoms with Gasteiger partial charge in [0, 0.05) is 6.61 Å². The average molecular weight is 216 g/mol. The Balaban J connectivity index is 3.49. The zero-order chi connectivity index (χ0) is 11.7. The second-order valence-electron chi connectivity index (χ2n) is 4.12. The van der Waals surface area contributed by atoms with Gasteiger partial charge in [-0.1, -0.05) is 20.8 Å². The van der Waals surface area contributed by atoms with Gasteiger partial charge in [0.05, 0.1) is 6.61 Å². The molecule has 0 aromatic heterocycles. The summed E-state index contributed by atoms with van der Waals surface area (Å²) in [4.78, 5) is 10.9. The van der Waals surface area contributed by atoms with Crippen molar-refractivity contribution in [1.29, 1.82) is 0 Å². The van der Waals surface area contributed by atoms with Crippen molar-refractivity contribution in [2.75, 3.05) is 19.8 Å². The van der Waals surface area contributed by atoms with Gasteiger partial charge in [0.2, 0.25) is 5.91 Å². The normalized spacial score (nSPS) is 13.1. The molecule has 0 radical (unpaired) electrons. The zero-order valence-corrected chi connectivity index (χ0v) is 10.1. The maximum Gasteiger partial charge on any atom is 0.236 e. The topological polar surface area (TPSA) is 64.3 Å². The molecule has 3 N–H and O–H groups in total. The van der Waals surface area contributed by atoms with Crippen LogP contribution in [0.3, 0.4) is 0 Å². The number of primary amides is 1. The highest BCUT2D eigenvalue weighted by atomic mass is 16.5. The van der Waals surface area contributed by atoms with Crippen LogP contribution in [-0.2, 0) is 9.53 Å². The first kappa shape index (κ1) is 14.4. The summed E-state index contributed by atoms with van der Waals surface area (Å²) in [6.07, 6.45) is 2.19. The van der Waals surface area contributed by atoms with E-state index in [1.54, 1.807) is 0 Å². The van der Waals surface area contributed by atoms with Gasteiger partial charge in [0.1, 0.15) is 6.04 Å². The number of rotatable bonds is 9. The van der Waals surface area contributed by atoms with Gasteiger partial charge in [-0.15, -0.1) is 0 Å². The van der Waals surface area contributed by atoms with Crippen molar-refractivity contribution in [2.45, 2.75) is 39.7 Å². The quantitative estimate of drug-likeness (QED) is 0.563. The summed E-state index contributed by atoms with van der Waals surface area (Å²) in [6.45, 7) is 8.11. The van der Waals surface area contributed by atoms with Gasteiger partial charge < -0.3 is 15.8 Å². The van der Waals surface area contributed by atoms with Crippen molar-refractivity contribution in [3.63, 3.8) is 0 Å². The van der Waals surface area contributed by atoms with Crippen LogP contribution >= 0.6 is 0 Å². The van der Waals surface area contributed by atoms with E-state index in [0.717, 1.165) is 19.4 Å². The number of ether oxygens (including phenoxy) is 1. The van der Waals surface area contributed by atoms with Crippen LogP contribution in [-0.4, -0.2) is 31.7 Å². The number of nitrogens with one attached hydrogen (secondary N) is 1. The fraction of sp³-hybridized carbons (Fsp3) is 0.909. The number of carbonyl (C=O) groups excluding carboxylic acids is 1. The first-order valence-electron chi connectivity index (χ1n) is 5.68. The van der Waals surface area contributed by atoms with Crippen molar-refractivity contribution >= 4 is 5.91 Å². The fourth-order valence-electron chi connectivity index (χ4n) is 1.28. The van der Waals surface area contributed by atoms with Crippen molar-refractivity contribution < 1.29 is 9.53 Å². The van der Waals surface area contributed by atoms with Gasteiger partial charge in [-0.3, -0.25) is 4.79 Å². The predicted molar refractivity (Wildman–Crippen MR) is 61.6 cm³/mol. The second kappa shape index (κ2) is 8.68. The summed E-state index contributed by atoms with van der Waals surface area (Å²) < 4.78 is 5.40. The van der Waals surface area contributed by atoms with Crippen molar-refractivity contribution in [1.82, 2.24) is 5.32 Å². The van der Waals surface area contributed by atoms with E-state index in [2.05, 4.69) is 19.2 Å². The Morgan fingerprint density at radius 1 is 1.47 bits per heavy atom. The number of amides is 1. The molecular weight excluding hydrogens is 192 g/mol. The third-order valence-corrected chi connectivity index (χ3v) is 2.15. The molecule has 0 heterocycles. The third-order valence-electron chi connectivity index (χ3n) is 2.15. The highest BCUT2D eigenvalue weighted by molar-refractivity contribution is 5.79. The first-order chi connectivity index (χ1) is 7.07. The highest BCUT2D eigenvalue weighted by Crippen LogP contribution is 2.03. The van der Waals surface area contributed by atoms with E-state index in [1.165, 1.54) is 0 Å². The standard InChI is InChI=1S/C11H24N2O2/c1-4-13-10(11(12)14)8-15-7-5-6-9(2)3/h9-10,13H,4-8H2,1-3H3,(H2,12,14). The number of carbonyl (C=O) groups is 1. The number of likely N-dealkylation sites (N-methyl/N-ethyl adjacent to an activating group) is 1. The average Bonchev–Trinajstić information content (AvgIpc) is 2.15. The van der Waals surface area contributed by atoms with Crippen LogP contribution < -0.4 is 11.1 Å². The minimum absolute atomic E-state index is 0.347.